The van der Waals surface area contributed by atoms with Crippen LogP contribution in [0.5, 0.6) is 0 Å². The molecule has 0 atom stereocenters. The van der Waals surface area contributed by atoms with Gasteiger partial charge in [0.15, 0.2) is 0 Å². The molecule has 0 aliphatic heterocycles. The maximum Gasteiger partial charge on any atom is 0.0184 e. The molecule has 0 spiro atoms. The van der Waals surface area contributed by atoms with Crippen LogP contribution in [0.25, 0.3) is 0 Å². The molecule has 67 valence electrons. The van der Waals surface area contributed by atoms with Crippen molar-refractivity contribution >= 4 is 11.9 Å². The molecule has 0 aliphatic carbocycles. The molecule has 0 saturated heterocycles. The normalized spacial score (nSPS) is 10.9. The largest absolute Gasteiger partial charge is 0.251 e. The lowest BCUT2D eigenvalue weighted by molar-refractivity contribution is 0.446. The SMILES string of the molecule is [CH2]SN(CCCC)CCCC. The number of hydrogen-bond acceptors (Lipinski definition) is 2. The molecule has 0 N–H and O–H groups in total. The van der Waals surface area contributed by atoms with Crippen LogP contribution >= 0.6 is 11.9 Å². The number of rotatable bonds is 7. The van der Waals surface area contributed by atoms with Crippen molar-refractivity contribution < 1.29 is 0 Å². The molecule has 0 amide bonds. The fourth-order valence-electron chi connectivity index (χ4n) is 0.910. The second-order valence-electron chi connectivity index (χ2n) is 2.77. The van der Waals surface area contributed by atoms with Gasteiger partial charge in [0.2, 0.25) is 0 Å². The summed E-state index contributed by atoms with van der Waals surface area (Å²) in [5.41, 5.74) is 0. The minimum Gasteiger partial charge on any atom is -0.251 e. The van der Waals surface area contributed by atoms with E-state index in [0.29, 0.717) is 0 Å². The van der Waals surface area contributed by atoms with Gasteiger partial charge >= 0.3 is 0 Å². The van der Waals surface area contributed by atoms with Gasteiger partial charge in [0.05, 0.1) is 0 Å². The van der Waals surface area contributed by atoms with Crippen LogP contribution in [0.2, 0.25) is 0 Å². The third-order valence-electron chi connectivity index (χ3n) is 1.70. The highest BCUT2D eigenvalue weighted by atomic mass is 32.2. The smallest absolute Gasteiger partial charge is 0.0184 e. The first-order chi connectivity index (χ1) is 5.35. The summed E-state index contributed by atoms with van der Waals surface area (Å²) in [7, 11) is 0. The molecule has 0 aliphatic rings. The summed E-state index contributed by atoms with van der Waals surface area (Å²) in [4.78, 5) is 0. The van der Waals surface area contributed by atoms with E-state index in [1.54, 1.807) is 11.9 Å². The van der Waals surface area contributed by atoms with Crippen molar-refractivity contribution in [1.29, 1.82) is 0 Å². The quantitative estimate of drug-likeness (QED) is 0.545. The Morgan fingerprint density at radius 2 is 1.55 bits per heavy atom. The Morgan fingerprint density at radius 3 is 1.82 bits per heavy atom. The highest BCUT2D eigenvalue weighted by molar-refractivity contribution is 7.98. The Labute approximate surface area is 75.7 Å². The molecule has 1 nitrogen and oxygen atoms in total. The summed E-state index contributed by atoms with van der Waals surface area (Å²) in [5, 5.41) is 0. The van der Waals surface area contributed by atoms with Crippen LogP contribution < -0.4 is 0 Å². The first kappa shape index (κ1) is 11.3. The molecule has 11 heavy (non-hydrogen) atoms. The van der Waals surface area contributed by atoms with Crippen LogP contribution in [0, 0.1) is 6.26 Å². The average molecular weight is 174 g/mol. The zero-order chi connectivity index (χ0) is 8.53. The Morgan fingerprint density at radius 1 is 1.09 bits per heavy atom. The van der Waals surface area contributed by atoms with Crippen molar-refractivity contribution in [3.05, 3.63) is 6.26 Å². The van der Waals surface area contributed by atoms with E-state index in [4.69, 9.17) is 0 Å². The van der Waals surface area contributed by atoms with Crippen molar-refractivity contribution in [3.63, 3.8) is 0 Å². The van der Waals surface area contributed by atoms with E-state index in [0.717, 1.165) is 0 Å². The zero-order valence-corrected chi connectivity index (χ0v) is 8.62. The van der Waals surface area contributed by atoms with Crippen LogP contribution in [-0.2, 0) is 0 Å². The molecule has 2 heteroatoms. The highest BCUT2D eigenvalue weighted by Gasteiger charge is 1.99. The van der Waals surface area contributed by atoms with Crippen LogP contribution in [0.15, 0.2) is 0 Å². The standard InChI is InChI=1S/C9H20NS/c1-4-6-8-10(11-3)9-7-5-2/h3-9H2,1-2H3. The monoisotopic (exact) mass is 174 g/mol. The summed E-state index contributed by atoms with van der Waals surface area (Å²) in [6.07, 6.45) is 8.99. The molecule has 0 aromatic rings. The van der Waals surface area contributed by atoms with Crippen LogP contribution in [-0.4, -0.2) is 17.4 Å². The average Bonchev–Trinajstić information content (AvgIpc) is 2.05. The number of hydrogen-bond donors (Lipinski definition) is 0. The fraction of sp³-hybridized carbons (Fsp3) is 0.889. The van der Waals surface area contributed by atoms with Gasteiger partial charge in [-0.2, -0.15) is 0 Å². The van der Waals surface area contributed by atoms with E-state index in [1.165, 1.54) is 38.8 Å². The minimum atomic E-state index is 1.20. The molecule has 0 saturated carbocycles. The number of unbranched alkanes of at least 4 members (excludes halogenated alkanes) is 2. The lowest BCUT2D eigenvalue weighted by Crippen LogP contribution is -2.17. The summed E-state index contributed by atoms with van der Waals surface area (Å²) in [6, 6.07) is 0. The number of nitrogens with zero attached hydrogens (tertiary/aromatic N) is 1. The van der Waals surface area contributed by atoms with Crippen LogP contribution in [0.3, 0.4) is 0 Å². The summed E-state index contributed by atoms with van der Waals surface area (Å²) >= 11 is 1.63. The minimum absolute atomic E-state index is 1.20. The van der Waals surface area contributed by atoms with Gasteiger partial charge in [-0.3, -0.25) is 4.31 Å². The first-order valence-corrected chi connectivity index (χ1v) is 5.46. The van der Waals surface area contributed by atoms with Crippen molar-refractivity contribution in [2.45, 2.75) is 39.5 Å². The second kappa shape index (κ2) is 8.41. The Balaban J connectivity index is 3.25. The van der Waals surface area contributed by atoms with E-state index in [9.17, 15) is 0 Å². The lowest BCUT2D eigenvalue weighted by atomic mass is 10.3. The van der Waals surface area contributed by atoms with E-state index >= 15 is 0 Å². The van der Waals surface area contributed by atoms with Crippen molar-refractivity contribution in [1.82, 2.24) is 4.31 Å². The maximum absolute atomic E-state index is 3.83. The lowest BCUT2D eigenvalue weighted by Gasteiger charge is -2.17. The van der Waals surface area contributed by atoms with Crippen LogP contribution in [0.1, 0.15) is 39.5 Å². The Bertz CT molecular complexity index is 68.0. The molecular weight excluding hydrogens is 154 g/mol. The maximum atomic E-state index is 3.83. The Hall–Kier alpha value is 0.310. The third kappa shape index (κ3) is 6.70. The molecule has 0 bridgehead atoms. The van der Waals surface area contributed by atoms with E-state index in [1.807, 2.05) is 0 Å². The Kier molecular flexibility index (Phi) is 8.64. The summed E-state index contributed by atoms with van der Waals surface area (Å²) in [6.45, 7) is 6.85. The molecule has 0 unspecified atom stereocenters. The fourth-order valence-corrected chi connectivity index (χ4v) is 1.43. The van der Waals surface area contributed by atoms with Crippen LogP contribution in [0.4, 0.5) is 0 Å². The molecule has 0 rings (SSSR count). The molecule has 0 aromatic heterocycles. The van der Waals surface area contributed by atoms with Gasteiger partial charge in [0.25, 0.3) is 0 Å². The molecule has 0 aromatic carbocycles. The first-order valence-electron chi connectivity index (χ1n) is 4.52. The van der Waals surface area contributed by atoms with E-state index in [-0.39, 0.29) is 0 Å². The topological polar surface area (TPSA) is 3.24 Å². The van der Waals surface area contributed by atoms with Gasteiger partial charge in [-0.05, 0) is 12.8 Å². The summed E-state index contributed by atoms with van der Waals surface area (Å²) in [5.74, 6) is 0. The van der Waals surface area contributed by atoms with Gasteiger partial charge in [-0.1, -0.05) is 38.6 Å². The molecule has 1 radical (unpaired) electrons. The van der Waals surface area contributed by atoms with Gasteiger partial charge < -0.3 is 0 Å². The predicted molar refractivity (Wildman–Crippen MR) is 54.3 cm³/mol. The zero-order valence-electron chi connectivity index (χ0n) is 7.81. The highest BCUT2D eigenvalue weighted by Crippen LogP contribution is 2.09. The van der Waals surface area contributed by atoms with Gasteiger partial charge in [0.1, 0.15) is 0 Å². The van der Waals surface area contributed by atoms with Gasteiger partial charge in [-0.25, -0.2) is 0 Å². The summed E-state index contributed by atoms with van der Waals surface area (Å²) < 4.78 is 2.35. The van der Waals surface area contributed by atoms with Crippen molar-refractivity contribution in [2.75, 3.05) is 13.1 Å². The van der Waals surface area contributed by atoms with Crippen molar-refractivity contribution in [2.24, 2.45) is 0 Å². The van der Waals surface area contributed by atoms with Crippen molar-refractivity contribution in [3.8, 4) is 0 Å². The van der Waals surface area contributed by atoms with Gasteiger partial charge in [0, 0.05) is 19.3 Å². The molecule has 0 heterocycles. The third-order valence-corrected chi connectivity index (χ3v) is 2.44. The van der Waals surface area contributed by atoms with E-state index in [2.05, 4.69) is 24.4 Å². The predicted octanol–water partition coefficient (Wildman–Crippen LogP) is 3.33. The second-order valence-corrected chi connectivity index (χ2v) is 3.54. The van der Waals surface area contributed by atoms with E-state index < -0.39 is 0 Å². The van der Waals surface area contributed by atoms with Gasteiger partial charge in [-0.15, -0.1) is 0 Å². The molecular formula is C9H20NS. The molecule has 0 fully saturated rings.